The normalized spacial score (nSPS) is 21.7. The first-order valence-corrected chi connectivity index (χ1v) is 11.9. The van der Waals surface area contributed by atoms with Crippen molar-refractivity contribution >= 4 is 5.91 Å². The van der Waals surface area contributed by atoms with Gasteiger partial charge in [-0.15, -0.1) is 0 Å². The summed E-state index contributed by atoms with van der Waals surface area (Å²) in [7, 11) is 1.67. The van der Waals surface area contributed by atoms with E-state index in [0.29, 0.717) is 19.0 Å². The van der Waals surface area contributed by atoms with E-state index >= 15 is 0 Å². The molecule has 1 N–H and O–H groups in total. The van der Waals surface area contributed by atoms with E-state index in [2.05, 4.69) is 22.0 Å². The second kappa shape index (κ2) is 9.06. The fourth-order valence-electron chi connectivity index (χ4n) is 5.43. The summed E-state index contributed by atoms with van der Waals surface area (Å²) in [4.78, 5) is 37.9. The van der Waals surface area contributed by atoms with Crippen molar-refractivity contribution in [2.45, 2.75) is 57.5 Å². The van der Waals surface area contributed by atoms with Crippen molar-refractivity contribution in [2.24, 2.45) is 5.92 Å². The molecule has 3 aliphatic rings. The van der Waals surface area contributed by atoms with Gasteiger partial charge >= 0.3 is 0 Å². The highest BCUT2D eigenvalue weighted by atomic mass is 16.5. The zero-order chi connectivity index (χ0) is 22.1. The standard InChI is InChI=1S/C25H32N4O3/c1-32-20-8-6-17(7-9-20)14-28-12-11-22-21(16-28)24(30)27-23(26-22)19-10-13-29(15-19)25(31)18-4-2-3-5-18/h6-9,18-19H,2-5,10-16H2,1H3,(H,26,27,30). The van der Waals surface area contributed by atoms with Gasteiger partial charge in [0.1, 0.15) is 11.6 Å². The largest absolute Gasteiger partial charge is 0.497 e. The molecule has 1 atom stereocenters. The number of nitrogens with zero attached hydrogens (tertiary/aromatic N) is 3. The molecule has 0 bridgehead atoms. The minimum absolute atomic E-state index is 0.0231. The number of rotatable bonds is 5. The lowest BCUT2D eigenvalue weighted by atomic mass is 10.0. The van der Waals surface area contributed by atoms with Gasteiger partial charge in [0, 0.05) is 51.0 Å². The molecule has 3 heterocycles. The molecule has 170 valence electrons. The number of aromatic nitrogens is 2. The van der Waals surface area contributed by atoms with Gasteiger partial charge in [0.2, 0.25) is 5.91 Å². The fourth-order valence-corrected chi connectivity index (χ4v) is 5.43. The summed E-state index contributed by atoms with van der Waals surface area (Å²) in [6, 6.07) is 8.07. The Bertz CT molecular complexity index is 1030. The molecule has 2 aliphatic heterocycles. The molecule has 1 saturated heterocycles. The molecule has 0 radical (unpaired) electrons. The zero-order valence-corrected chi connectivity index (χ0v) is 18.8. The maximum atomic E-state index is 12.9. The first-order valence-electron chi connectivity index (χ1n) is 11.9. The smallest absolute Gasteiger partial charge is 0.255 e. The van der Waals surface area contributed by atoms with E-state index in [0.717, 1.165) is 68.1 Å². The second-order valence-electron chi connectivity index (χ2n) is 9.44. The summed E-state index contributed by atoms with van der Waals surface area (Å²) in [6.07, 6.45) is 6.05. The van der Waals surface area contributed by atoms with E-state index < -0.39 is 0 Å². The van der Waals surface area contributed by atoms with Gasteiger partial charge in [-0.1, -0.05) is 25.0 Å². The van der Waals surface area contributed by atoms with Gasteiger partial charge in [-0.25, -0.2) is 4.98 Å². The van der Waals surface area contributed by atoms with Gasteiger partial charge in [-0.3, -0.25) is 14.5 Å². The lowest BCUT2D eigenvalue weighted by Gasteiger charge is -2.28. The Hall–Kier alpha value is -2.67. The van der Waals surface area contributed by atoms with Gasteiger partial charge in [0.05, 0.1) is 18.4 Å². The van der Waals surface area contributed by atoms with Gasteiger partial charge in [-0.2, -0.15) is 0 Å². The Labute approximate surface area is 188 Å². The van der Waals surface area contributed by atoms with Crippen LogP contribution in [0, 0.1) is 5.92 Å². The number of carbonyl (C=O) groups is 1. The highest BCUT2D eigenvalue weighted by molar-refractivity contribution is 5.79. The molecule has 2 aromatic rings. The van der Waals surface area contributed by atoms with Crippen LogP contribution in [-0.2, 0) is 24.3 Å². The Morgan fingerprint density at radius 3 is 2.69 bits per heavy atom. The average molecular weight is 437 g/mol. The molecule has 2 fully saturated rings. The predicted molar refractivity (Wildman–Crippen MR) is 122 cm³/mol. The number of likely N-dealkylation sites (tertiary alicyclic amines) is 1. The zero-order valence-electron chi connectivity index (χ0n) is 18.8. The van der Waals surface area contributed by atoms with Crippen LogP contribution in [0.15, 0.2) is 29.1 Å². The van der Waals surface area contributed by atoms with Crippen LogP contribution in [0.2, 0.25) is 0 Å². The number of amides is 1. The number of carbonyl (C=O) groups excluding carboxylic acids is 1. The topological polar surface area (TPSA) is 78.5 Å². The molecule has 1 unspecified atom stereocenters. The number of hydrogen-bond donors (Lipinski definition) is 1. The maximum absolute atomic E-state index is 12.9. The molecule has 1 saturated carbocycles. The molecule has 1 amide bonds. The molecule has 7 heteroatoms. The molecular formula is C25H32N4O3. The molecule has 1 aliphatic carbocycles. The molecule has 5 rings (SSSR count). The number of ether oxygens (including phenoxy) is 1. The lowest BCUT2D eigenvalue weighted by Crippen LogP contribution is -2.36. The number of benzene rings is 1. The Morgan fingerprint density at radius 2 is 1.94 bits per heavy atom. The van der Waals surface area contributed by atoms with Gasteiger partial charge in [-0.05, 0) is 37.0 Å². The van der Waals surface area contributed by atoms with Crippen LogP contribution in [0.1, 0.15) is 60.7 Å². The van der Waals surface area contributed by atoms with Crippen molar-refractivity contribution < 1.29 is 9.53 Å². The highest BCUT2D eigenvalue weighted by Crippen LogP contribution is 2.31. The van der Waals surface area contributed by atoms with Gasteiger partial charge < -0.3 is 14.6 Å². The number of nitrogens with one attached hydrogen (secondary N) is 1. The van der Waals surface area contributed by atoms with Crippen LogP contribution in [0.4, 0.5) is 0 Å². The first-order chi connectivity index (χ1) is 15.6. The van der Waals surface area contributed by atoms with Crippen molar-refractivity contribution in [1.82, 2.24) is 19.8 Å². The van der Waals surface area contributed by atoms with E-state index in [1.54, 1.807) is 7.11 Å². The SMILES string of the molecule is COc1ccc(CN2CCc3nc(C4CCN(C(=O)C5CCCC5)C4)[nH]c(=O)c3C2)cc1. The van der Waals surface area contributed by atoms with E-state index in [9.17, 15) is 9.59 Å². The van der Waals surface area contributed by atoms with Crippen LogP contribution in [0.25, 0.3) is 0 Å². The quantitative estimate of drug-likeness (QED) is 0.780. The number of aromatic amines is 1. The number of H-pyrrole nitrogens is 1. The number of fused-ring (bicyclic) bond motifs is 1. The summed E-state index contributed by atoms with van der Waals surface area (Å²) in [5.74, 6) is 2.26. The van der Waals surface area contributed by atoms with Gasteiger partial charge in [0.25, 0.3) is 5.56 Å². The maximum Gasteiger partial charge on any atom is 0.255 e. The van der Waals surface area contributed by atoms with Crippen molar-refractivity contribution in [3.8, 4) is 5.75 Å². The van der Waals surface area contributed by atoms with E-state index in [4.69, 9.17) is 9.72 Å². The number of methoxy groups -OCH3 is 1. The summed E-state index contributed by atoms with van der Waals surface area (Å²) in [5, 5.41) is 0. The molecule has 32 heavy (non-hydrogen) atoms. The van der Waals surface area contributed by atoms with Crippen molar-refractivity contribution in [3.05, 3.63) is 57.3 Å². The third-order valence-corrected chi connectivity index (χ3v) is 7.32. The summed E-state index contributed by atoms with van der Waals surface area (Å²) < 4.78 is 5.23. The van der Waals surface area contributed by atoms with E-state index in [1.807, 2.05) is 17.0 Å². The van der Waals surface area contributed by atoms with Crippen molar-refractivity contribution in [3.63, 3.8) is 0 Å². The van der Waals surface area contributed by atoms with Crippen LogP contribution >= 0.6 is 0 Å². The van der Waals surface area contributed by atoms with Crippen LogP contribution in [-0.4, -0.2) is 52.4 Å². The Kier molecular flexibility index (Phi) is 6.00. The van der Waals surface area contributed by atoms with Gasteiger partial charge in [0.15, 0.2) is 0 Å². The molecule has 0 spiro atoms. The molecule has 1 aromatic carbocycles. The average Bonchev–Trinajstić information content (AvgIpc) is 3.52. The van der Waals surface area contributed by atoms with Crippen LogP contribution in [0.3, 0.4) is 0 Å². The van der Waals surface area contributed by atoms with Crippen molar-refractivity contribution in [2.75, 3.05) is 26.7 Å². The minimum atomic E-state index is -0.0231. The van der Waals surface area contributed by atoms with Crippen LogP contribution < -0.4 is 10.3 Å². The molecule has 1 aromatic heterocycles. The molecule has 7 nitrogen and oxygen atoms in total. The number of hydrogen-bond acceptors (Lipinski definition) is 5. The van der Waals surface area contributed by atoms with E-state index in [-0.39, 0.29) is 17.4 Å². The molecular weight excluding hydrogens is 404 g/mol. The monoisotopic (exact) mass is 436 g/mol. The summed E-state index contributed by atoms with van der Waals surface area (Å²) >= 11 is 0. The second-order valence-corrected chi connectivity index (χ2v) is 9.44. The highest BCUT2D eigenvalue weighted by Gasteiger charge is 2.34. The Balaban J connectivity index is 1.25. The first kappa shape index (κ1) is 21.2. The summed E-state index contributed by atoms with van der Waals surface area (Å²) in [6.45, 7) is 3.75. The van der Waals surface area contributed by atoms with E-state index in [1.165, 1.54) is 18.4 Å². The van der Waals surface area contributed by atoms with Crippen LogP contribution in [0.5, 0.6) is 5.75 Å². The fraction of sp³-hybridized carbons (Fsp3) is 0.560. The lowest BCUT2D eigenvalue weighted by molar-refractivity contribution is -0.134. The Morgan fingerprint density at radius 1 is 1.16 bits per heavy atom. The third-order valence-electron chi connectivity index (χ3n) is 7.32. The summed E-state index contributed by atoms with van der Waals surface area (Å²) in [5.41, 5.74) is 2.89. The third kappa shape index (κ3) is 4.31. The van der Waals surface area contributed by atoms with Crippen molar-refractivity contribution in [1.29, 1.82) is 0 Å². The minimum Gasteiger partial charge on any atom is -0.497 e. The predicted octanol–water partition coefficient (Wildman–Crippen LogP) is 2.84.